The number of rotatable bonds is 1. The summed E-state index contributed by atoms with van der Waals surface area (Å²) in [6, 6.07) is -0.147. The molecule has 25 heavy (non-hydrogen) atoms. The van der Waals surface area contributed by atoms with E-state index in [1.807, 2.05) is 0 Å². The number of cyclic esters (lactones) is 1. The highest BCUT2D eigenvalue weighted by atomic mass is 16.6. The molecule has 0 aromatic rings. The quantitative estimate of drug-likeness (QED) is 0.654. The van der Waals surface area contributed by atoms with Crippen molar-refractivity contribution in [2.45, 2.75) is 64.4 Å². The van der Waals surface area contributed by atoms with Gasteiger partial charge in [-0.15, -0.1) is 0 Å². The van der Waals surface area contributed by atoms with Gasteiger partial charge in [0.15, 0.2) is 0 Å². The molecular formula is C18H29NO6. The molecule has 1 unspecified atom stereocenters. The van der Waals surface area contributed by atoms with E-state index < -0.39 is 35.0 Å². The van der Waals surface area contributed by atoms with Crippen LogP contribution in [-0.2, 0) is 19.1 Å². The van der Waals surface area contributed by atoms with Gasteiger partial charge >= 0.3 is 11.9 Å². The summed E-state index contributed by atoms with van der Waals surface area (Å²) in [5, 5.41) is 21.4. The molecule has 142 valence electrons. The Morgan fingerprint density at radius 2 is 2.00 bits per heavy atom. The molecule has 0 bridgehead atoms. The molecule has 0 spiro atoms. The summed E-state index contributed by atoms with van der Waals surface area (Å²) in [5.41, 5.74) is -2.83. The molecule has 7 atom stereocenters. The summed E-state index contributed by atoms with van der Waals surface area (Å²) in [6.07, 6.45) is 0.0474. The predicted molar refractivity (Wildman–Crippen MR) is 88.5 cm³/mol. The average Bonchev–Trinajstić information content (AvgIpc) is 3.08. The van der Waals surface area contributed by atoms with Gasteiger partial charge in [-0.25, -0.2) is 0 Å². The SMILES string of the molecule is CC[C@@]1(C)C(=O)O[C@@H]2CCN3C[C@H](O)[C@@H](COC(=O)[C@@H](C)[C@]1(C)O)C23. The van der Waals surface area contributed by atoms with E-state index in [9.17, 15) is 19.8 Å². The lowest BCUT2D eigenvalue weighted by Gasteiger charge is -2.43. The molecule has 2 N–H and O–H groups in total. The van der Waals surface area contributed by atoms with Gasteiger partial charge in [-0.1, -0.05) is 6.92 Å². The van der Waals surface area contributed by atoms with E-state index in [0.29, 0.717) is 19.4 Å². The monoisotopic (exact) mass is 355 g/mol. The van der Waals surface area contributed by atoms with E-state index >= 15 is 0 Å². The molecule has 0 aromatic heterocycles. The van der Waals surface area contributed by atoms with Crippen molar-refractivity contribution in [3.63, 3.8) is 0 Å². The Morgan fingerprint density at radius 3 is 2.64 bits per heavy atom. The minimum absolute atomic E-state index is 0.0679. The smallest absolute Gasteiger partial charge is 0.315 e. The number of carbonyl (C=O) groups is 2. The van der Waals surface area contributed by atoms with Crippen molar-refractivity contribution in [1.29, 1.82) is 0 Å². The summed E-state index contributed by atoms with van der Waals surface area (Å²) >= 11 is 0. The third kappa shape index (κ3) is 2.67. The molecule has 0 saturated carbocycles. The molecule has 3 heterocycles. The second-order valence-electron chi connectivity index (χ2n) is 8.13. The van der Waals surface area contributed by atoms with Crippen LogP contribution in [0.3, 0.4) is 0 Å². The van der Waals surface area contributed by atoms with Crippen LogP contribution in [0.2, 0.25) is 0 Å². The zero-order chi connectivity index (χ0) is 18.6. The highest BCUT2D eigenvalue weighted by Crippen LogP contribution is 2.44. The maximum Gasteiger partial charge on any atom is 0.315 e. The van der Waals surface area contributed by atoms with Crippen molar-refractivity contribution < 1.29 is 29.3 Å². The largest absolute Gasteiger partial charge is 0.465 e. The molecule has 0 aromatic carbocycles. The van der Waals surface area contributed by atoms with E-state index in [0.717, 1.165) is 6.54 Å². The highest BCUT2D eigenvalue weighted by molar-refractivity contribution is 5.81. The van der Waals surface area contributed by atoms with Gasteiger partial charge in [0.25, 0.3) is 0 Å². The fourth-order valence-electron chi connectivity index (χ4n) is 4.54. The van der Waals surface area contributed by atoms with Crippen molar-refractivity contribution in [2.75, 3.05) is 19.7 Å². The predicted octanol–water partition coefficient (Wildman–Crippen LogP) is 0.323. The van der Waals surface area contributed by atoms with Crippen molar-refractivity contribution in [1.82, 2.24) is 4.90 Å². The third-order valence-corrected chi connectivity index (χ3v) is 7.01. The number of ether oxygens (including phenoxy) is 2. The summed E-state index contributed by atoms with van der Waals surface area (Å²) in [5.74, 6) is -2.22. The number of hydrogen-bond acceptors (Lipinski definition) is 7. The molecule has 3 rings (SSSR count). The van der Waals surface area contributed by atoms with Crippen molar-refractivity contribution in [3.8, 4) is 0 Å². The summed E-state index contributed by atoms with van der Waals surface area (Å²) < 4.78 is 11.3. The normalized spacial score (nSPS) is 48.5. The van der Waals surface area contributed by atoms with Crippen LogP contribution < -0.4 is 0 Å². The lowest BCUT2D eigenvalue weighted by atomic mass is 9.66. The molecule has 7 nitrogen and oxygen atoms in total. The van der Waals surface area contributed by atoms with E-state index in [1.54, 1.807) is 20.8 Å². The molecule has 0 aliphatic carbocycles. The average molecular weight is 355 g/mol. The first kappa shape index (κ1) is 18.6. The van der Waals surface area contributed by atoms with Gasteiger partial charge in [0.2, 0.25) is 0 Å². The van der Waals surface area contributed by atoms with E-state index in [4.69, 9.17) is 9.47 Å². The van der Waals surface area contributed by atoms with Crippen molar-refractivity contribution in [2.24, 2.45) is 17.3 Å². The highest BCUT2D eigenvalue weighted by Gasteiger charge is 2.58. The van der Waals surface area contributed by atoms with Crippen LogP contribution in [-0.4, -0.2) is 70.6 Å². The van der Waals surface area contributed by atoms with Gasteiger partial charge in [0.1, 0.15) is 6.10 Å². The fraction of sp³-hybridized carbons (Fsp3) is 0.889. The standard InChI is InChI=1S/C18H29NO6/c1-5-17(3)16(22)25-13-6-7-19-8-12(20)11(14(13)19)9-24-15(21)10(2)18(17,4)23/h10-14,20,23H,5-9H2,1-4H3/t10-,11-,12+,13-,14?,17+,18+/m1/s1. The van der Waals surface area contributed by atoms with Crippen molar-refractivity contribution >= 4 is 11.9 Å². The van der Waals surface area contributed by atoms with E-state index in [1.165, 1.54) is 6.92 Å². The molecule has 3 saturated heterocycles. The number of hydrogen-bond donors (Lipinski definition) is 2. The van der Waals surface area contributed by atoms with Crippen LogP contribution in [0, 0.1) is 17.3 Å². The molecule has 0 amide bonds. The molecule has 3 aliphatic heterocycles. The number of esters is 2. The van der Waals surface area contributed by atoms with Crippen LogP contribution in [0.1, 0.15) is 40.5 Å². The molecule has 3 aliphatic rings. The summed E-state index contributed by atoms with van der Waals surface area (Å²) in [6.45, 7) is 7.82. The van der Waals surface area contributed by atoms with E-state index in [2.05, 4.69) is 4.90 Å². The first-order valence-corrected chi connectivity index (χ1v) is 9.15. The Bertz CT molecular complexity index is 564. The minimum atomic E-state index is -1.60. The maximum absolute atomic E-state index is 13.0. The lowest BCUT2D eigenvalue weighted by Crippen LogP contribution is -2.56. The minimum Gasteiger partial charge on any atom is -0.465 e. The molecule has 3 fully saturated rings. The molecular weight excluding hydrogens is 326 g/mol. The molecule has 7 heteroatoms. The van der Waals surface area contributed by atoms with Crippen LogP contribution in [0.4, 0.5) is 0 Å². The first-order chi connectivity index (χ1) is 11.6. The second kappa shape index (κ2) is 6.21. The van der Waals surface area contributed by atoms with Gasteiger partial charge in [0, 0.05) is 19.0 Å². The van der Waals surface area contributed by atoms with E-state index in [-0.39, 0.29) is 24.7 Å². The Balaban J connectivity index is 1.99. The first-order valence-electron chi connectivity index (χ1n) is 9.15. The van der Waals surface area contributed by atoms with Gasteiger partial charge in [0.05, 0.1) is 35.7 Å². The lowest BCUT2D eigenvalue weighted by molar-refractivity contribution is -0.189. The second-order valence-corrected chi connectivity index (χ2v) is 8.13. The Hall–Kier alpha value is -1.18. The molecule has 0 radical (unpaired) electrons. The Morgan fingerprint density at radius 1 is 1.32 bits per heavy atom. The number of carbonyl (C=O) groups excluding carboxylic acids is 2. The number of nitrogens with zero attached hydrogens (tertiary/aromatic N) is 1. The third-order valence-electron chi connectivity index (χ3n) is 7.01. The van der Waals surface area contributed by atoms with Crippen LogP contribution in [0.5, 0.6) is 0 Å². The fourth-order valence-corrected chi connectivity index (χ4v) is 4.54. The van der Waals surface area contributed by atoms with Crippen LogP contribution >= 0.6 is 0 Å². The Kier molecular flexibility index (Phi) is 4.62. The van der Waals surface area contributed by atoms with Crippen LogP contribution in [0.25, 0.3) is 0 Å². The summed E-state index contributed by atoms with van der Waals surface area (Å²) in [7, 11) is 0. The number of aliphatic hydroxyl groups excluding tert-OH is 1. The zero-order valence-electron chi connectivity index (χ0n) is 15.4. The van der Waals surface area contributed by atoms with Gasteiger partial charge in [-0.2, -0.15) is 0 Å². The van der Waals surface area contributed by atoms with Gasteiger partial charge in [-0.05, 0) is 33.6 Å². The van der Waals surface area contributed by atoms with Gasteiger partial charge < -0.3 is 19.7 Å². The maximum atomic E-state index is 13.0. The number of aliphatic hydroxyl groups is 2. The van der Waals surface area contributed by atoms with Crippen LogP contribution in [0.15, 0.2) is 0 Å². The van der Waals surface area contributed by atoms with Crippen molar-refractivity contribution in [3.05, 3.63) is 0 Å². The Labute approximate surface area is 148 Å². The van der Waals surface area contributed by atoms with Gasteiger partial charge in [-0.3, -0.25) is 14.5 Å². The topological polar surface area (TPSA) is 96.3 Å². The zero-order valence-corrected chi connectivity index (χ0v) is 15.4. The summed E-state index contributed by atoms with van der Waals surface area (Å²) in [4.78, 5) is 27.6.